The van der Waals surface area contributed by atoms with Crippen molar-refractivity contribution in [2.24, 2.45) is 0 Å². The van der Waals surface area contributed by atoms with E-state index in [4.69, 9.17) is 5.10 Å². The van der Waals surface area contributed by atoms with Crippen molar-refractivity contribution >= 4 is 21.2 Å². The van der Waals surface area contributed by atoms with Gasteiger partial charge >= 0.3 is 0 Å². The Morgan fingerprint density at radius 3 is 2.42 bits per heavy atom. The van der Waals surface area contributed by atoms with Crippen LogP contribution in [0.1, 0.15) is 66.0 Å². The lowest BCUT2D eigenvalue weighted by Crippen LogP contribution is -2.28. The van der Waals surface area contributed by atoms with E-state index in [1.807, 2.05) is 22.7 Å². The molecular weight excluding hydrogens is 424 g/mol. The van der Waals surface area contributed by atoms with E-state index in [2.05, 4.69) is 72.9 Å². The van der Waals surface area contributed by atoms with Gasteiger partial charge in [0.1, 0.15) is 15.2 Å². The van der Waals surface area contributed by atoms with Gasteiger partial charge in [-0.1, -0.05) is 70.9 Å². The van der Waals surface area contributed by atoms with E-state index in [0.717, 1.165) is 22.3 Å². The zero-order chi connectivity index (χ0) is 23.4. The van der Waals surface area contributed by atoms with Crippen LogP contribution in [0, 0.1) is 0 Å². The van der Waals surface area contributed by atoms with Crippen molar-refractivity contribution in [3.63, 3.8) is 0 Å². The van der Waals surface area contributed by atoms with Crippen LogP contribution in [0.25, 0.3) is 23.2 Å². The summed E-state index contributed by atoms with van der Waals surface area (Å²) in [4.78, 5) is 7.10. The number of hydrogen-bond donors (Lipinski definition) is 0. The molecule has 0 saturated heterocycles. The molecule has 0 N–H and O–H groups in total. The first-order valence-corrected chi connectivity index (χ1v) is 13.7. The summed E-state index contributed by atoms with van der Waals surface area (Å²) in [6, 6.07) is 5.83. The van der Waals surface area contributed by atoms with Gasteiger partial charge in [-0.25, -0.2) is 0 Å². The first-order valence-electron chi connectivity index (χ1n) is 12.3. The molecule has 4 heterocycles. The third kappa shape index (κ3) is 5.08. The van der Waals surface area contributed by atoms with Crippen molar-refractivity contribution in [2.45, 2.75) is 65.7 Å². The quantitative estimate of drug-likeness (QED) is 0.455. The van der Waals surface area contributed by atoms with Gasteiger partial charge in [0, 0.05) is 29.9 Å². The third-order valence-corrected chi connectivity index (χ3v) is 8.01. The minimum absolute atomic E-state index is 0.0980. The van der Waals surface area contributed by atoms with Gasteiger partial charge in [-0.2, -0.15) is 9.61 Å². The number of allylic oxidation sites excluding steroid dienone is 3. The molecule has 1 aliphatic heterocycles. The largest absolute Gasteiger partial charge is 0.379 e. The molecule has 0 aliphatic carbocycles. The molecule has 174 valence electrons. The number of aromatic nitrogens is 5. The molecule has 0 unspecified atom stereocenters. The summed E-state index contributed by atoms with van der Waals surface area (Å²) in [7, 11) is -0.529. The summed E-state index contributed by atoms with van der Waals surface area (Å²) in [5, 5.41) is 18.1. The minimum atomic E-state index is -0.529. The van der Waals surface area contributed by atoms with Crippen LogP contribution in [0.5, 0.6) is 0 Å². The van der Waals surface area contributed by atoms with Crippen LogP contribution in [0.4, 0.5) is 0 Å². The van der Waals surface area contributed by atoms with Gasteiger partial charge < -0.3 is 4.90 Å². The maximum absolute atomic E-state index is 4.98. The second-order valence-corrected chi connectivity index (χ2v) is 11.8. The molecule has 0 amide bonds. The van der Waals surface area contributed by atoms with Crippen molar-refractivity contribution in [3.05, 3.63) is 58.0 Å². The van der Waals surface area contributed by atoms with E-state index in [-0.39, 0.29) is 5.41 Å². The number of hydrogen-bond acceptors (Lipinski definition) is 5. The highest BCUT2D eigenvalue weighted by molar-refractivity contribution is 6.57. The molecule has 0 aromatic carbocycles. The van der Waals surface area contributed by atoms with Gasteiger partial charge in [0.25, 0.3) is 0 Å². The molecule has 4 rings (SSSR count). The summed E-state index contributed by atoms with van der Waals surface area (Å²) < 4.78 is 1.87. The lowest BCUT2D eigenvalue weighted by molar-refractivity contribution is 0.349. The zero-order valence-corrected chi connectivity index (χ0v) is 22.1. The molecule has 33 heavy (non-hydrogen) atoms. The fourth-order valence-electron chi connectivity index (χ4n) is 4.27. The molecule has 3 aromatic rings. The third-order valence-electron chi connectivity index (χ3n) is 6.12. The molecule has 0 spiro atoms. The molecule has 1 aliphatic rings. The SMILES string of the molecule is CCCCN(CCCC)C1=CC=C(C=c2c(C(C)(C)C)nn3c(-c4ccccn4)nnc23)[SiH2]1. The molecule has 0 fully saturated rings. The topological polar surface area (TPSA) is 59.2 Å². The van der Waals surface area contributed by atoms with Crippen molar-refractivity contribution in [1.29, 1.82) is 0 Å². The predicted molar refractivity (Wildman–Crippen MR) is 138 cm³/mol. The minimum Gasteiger partial charge on any atom is -0.379 e. The fourth-order valence-corrected chi connectivity index (χ4v) is 6.01. The van der Waals surface area contributed by atoms with Crippen molar-refractivity contribution in [3.8, 4) is 11.5 Å². The van der Waals surface area contributed by atoms with Crippen LogP contribution in [0.2, 0.25) is 0 Å². The van der Waals surface area contributed by atoms with Crippen LogP contribution in [0.15, 0.2) is 47.1 Å². The predicted octanol–water partition coefficient (Wildman–Crippen LogP) is 3.79. The Labute approximate surface area is 199 Å². The summed E-state index contributed by atoms with van der Waals surface area (Å²) in [6.45, 7) is 13.5. The summed E-state index contributed by atoms with van der Waals surface area (Å²) >= 11 is 0. The Morgan fingerprint density at radius 1 is 1.03 bits per heavy atom. The van der Waals surface area contributed by atoms with Crippen molar-refractivity contribution < 1.29 is 0 Å². The number of rotatable bonds is 9. The van der Waals surface area contributed by atoms with E-state index in [1.54, 1.807) is 11.5 Å². The van der Waals surface area contributed by atoms with Gasteiger partial charge in [-0.3, -0.25) is 4.98 Å². The first kappa shape index (κ1) is 23.4. The smallest absolute Gasteiger partial charge is 0.203 e. The van der Waals surface area contributed by atoms with Gasteiger partial charge in [-0.15, -0.1) is 10.2 Å². The summed E-state index contributed by atoms with van der Waals surface area (Å²) in [5.41, 5.74) is 2.56. The monoisotopic (exact) mass is 460 g/mol. The summed E-state index contributed by atoms with van der Waals surface area (Å²) in [5.74, 6) is 0.692. The van der Waals surface area contributed by atoms with E-state index in [1.165, 1.54) is 44.0 Å². The molecule has 0 radical (unpaired) electrons. The Bertz CT molecular complexity index is 1200. The lowest BCUT2D eigenvalue weighted by atomic mass is 9.91. The van der Waals surface area contributed by atoms with Gasteiger partial charge in [-0.05, 0) is 36.4 Å². The van der Waals surface area contributed by atoms with Gasteiger partial charge in [0.05, 0.1) is 5.69 Å². The van der Waals surface area contributed by atoms with Crippen molar-refractivity contribution in [2.75, 3.05) is 13.1 Å². The molecule has 0 bridgehead atoms. The second-order valence-electron chi connectivity index (χ2n) is 9.90. The molecular formula is C26H36N6Si. The Kier molecular flexibility index (Phi) is 7.07. The maximum atomic E-state index is 4.98. The zero-order valence-electron chi connectivity index (χ0n) is 20.7. The van der Waals surface area contributed by atoms with E-state index in [0.29, 0.717) is 5.82 Å². The van der Waals surface area contributed by atoms with Crippen LogP contribution in [0.3, 0.4) is 0 Å². The highest BCUT2D eigenvalue weighted by Gasteiger charge is 2.25. The molecule has 3 aromatic heterocycles. The maximum Gasteiger partial charge on any atom is 0.203 e. The Morgan fingerprint density at radius 2 is 1.79 bits per heavy atom. The van der Waals surface area contributed by atoms with E-state index >= 15 is 0 Å². The molecule has 6 nitrogen and oxygen atoms in total. The van der Waals surface area contributed by atoms with Crippen LogP contribution in [-0.2, 0) is 5.41 Å². The molecule has 7 heteroatoms. The van der Waals surface area contributed by atoms with Crippen molar-refractivity contribution in [1.82, 2.24) is 29.7 Å². The normalized spacial score (nSPS) is 15.5. The number of nitrogens with zero attached hydrogens (tertiary/aromatic N) is 6. The average Bonchev–Trinajstić information content (AvgIpc) is 3.51. The molecule has 0 saturated carbocycles. The van der Waals surface area contributed by atoms with Crippen LogP contribution in [-0.4, -0.2) is 52.3 Å². The van der Waals surface area contributed by atoms with E-state index in [9.17, 15) is 0 Å². The second kappa shape index (κ2) is 9.99. The van der Waals surface area contributed by atoms with Gasteiger partial charge in [0.2, 0.25) is 5.82 Å². The van der Waals surface area contributed by atoms with Crippen LogP contribution >= 0.6 is 0 Å². The van der Waals surface area contributed by atoms with Crippen LogP contribution < -0.4 is 5.22 Å². The fraction of sp³-hybridized carbons (Fsp3) is 0.462. The molecule has 0 atom stereocenters. The Balaban J connectivity index is 1.68. The lowest BCUT2D eigenvalue weighted by Gasteiger charge is -2.26. The average molecular weight is 461 g/mol. The van der Waals surface area contributed by atoms with Gasteiger partial charge in [0.15, 0.2) is 5.65 Å². The standard InChI is InChI=1S/C26H36N6Si/c1-6-8-16-31(17-9-7-2)22-14-13-19(33-22)18-20-23(26(3,4)5)30-32-24(20)28-29-25(32)21-12-10-11-15-27-21/h10-15,18H,6-9,16-17,33H2,1-5H3. The first-order chi connectivity index (χ1) is 15.9. The number of unbranched alkanes of at least 4 members (excludes halogenated alkanes) is 2. The highest BCUT2D eigenvalue weighted by Crippen LogP contribution is 2.22. The summed E-state index contributed by atoms with van der Waals surface area (Å²) in [6.07, 6.45) is 13.8. The number of pyridine rings is 1. The Hall–Kier alpha value is -2.80. The highest BCUT2D eigenvalue weighted by atomic mass is 28.2. The van der Waals surface area contributed by atoms with E-state index < -0.39 is 9.52 Å². The number of fused-ring (bicyclic) bond motifs is 1.